The third-order valence-corrected chi connectivity index (χ3v) is 6.27. The van der Waals surface area contributed by atoms with Crippen molar-refractivity contribution < 1.29 is 13.2 Å². The van der Waals surface area contributed by atoms with E-state index in [0.29, 0.717) is 11.3 Å². The molecule has 2 aromatic carbocycles. The Hall–Kier alpha value is -2.34. The van der Waals surface area contributed by atoms with E-state index in [-0.39, 0.29) is 16.8 Å². The van der Waals surface area contributed by atoms with E-state index in [1.54, 1.807) is 42.5 Å². The summed E-state index contributed by atoms with van der Waals surface area (Å²) in [5.74, 6) is -0.152. The number of carbonyl (C=O) groups excluding carboxylic acids is 1. The van der Waals surface area contributed by atoms with Crippen LogP contribution in [0.25, 0.3) is 0 Å². The topological polar surface area (TPSA) is 75.3 Å². The predicted octanol–water partition coefficient (Wildman–Crippen LogP) is 4.33. The molecule has 0 heterocycles. The van der Waals surface area contributed by atoms with Gasteiger partial charge < -0.3 is 5.32 Å². The molecule has 1 fully saturated rings. The van der Waals surface area contributed by atoms with Crippen molar-refractivity contribution in [2.24, 2.45) is 0 Å². The SMILES string of the molecule is O=C(NC1CCCCCCC1)c1cccc(NS(=O)(=O)c2ccccc2)c1. The molecular formula is C21H26N2O3S. The van der Waals surface area contributed by atoms with Crippen molar-refractivity contribution in [1.82, 2.24) is 5.32 Å². The fourth-order valence-electron chi connectivity index (χ4n) is 3.41. The lowest BCUT2D eigenvalue weighted by atomic mass is 9.96. The second-order valence-electron chi connectivity index (χ2n) is 7.01. The molecule has 2 N–H and O–H groups in total. The Kier molecular flexibility index (Phi) is 6.50. The first-order valence-corrected chi connectivity index (χ1v) is 11.0. The summed E-state index contributed by atoms with van der Waals surface area (Å²) in [6.07, 6.45) is 8.03. The number of hydrogen-bond acceptors (Lipinski definition) is 3. The average Bonchev–Trinajstić information content (AvgIpc) is 2.64. The van der Waals surface area contributed by atoms with Gasteiger partial charge in [0.05, 0.1) is 4.90 Å². The smallest absolute Gasteiger partial charge is 0.261 e. The molecule has 0 atom stereocenters. The monoisotopic (exact) mass is 386 g/mol. The number of amides is 1. The molecule has 0 bridgehead atoms. The number of carbonyl (C=O) groups is 1. The molecule has 2 aromatic rings. The normalized spacial score (nSPS) is 16.1. The lowest BCUT2D eigenvalue weighted by Crippen LogP contribution is -2.35. The Balaban J connectivity index is 1.68. The van der Waals surface area contributed by atoms with Gasteiger partial charge in [0.2, 0.25) is 0 Å². The largest absolute Gasteiger partial charge is 0.349 e. The molecule has 1 aliphatic carbocycles. The molecule has 0 spiro atoms. The number of benzene rings is 2. The van der Waals surface area contributed by atoms with E-state index in [0.717, 1.165) is 25.7 Å². The first-order chi connectivity index (χ1) is 13.0. The zero-order valence-electron chi connectivity index (χ0n) is 15.4. The lowest BCUT2D eigenvalue weighted by Gasteiger charge is -2.21. The predicted molar refractivity (Wildman–Crippen MR) is 107 cm³/mol. The summed E-state index contributed by atoms with van der Waals surface area (Å²) in [5.41, 5.74) is 0.842. The minimum absolute atomic E-state index is 0.152. The van der Waals surface area contributed by atoms with Crippen LogP contribution < -0.4 is 10.0 Å². The number of anilines is 1. The minimum Gasteiger partial charge on any atom is -0.349 e. The number of hydrogen-bond donors (Lipinski definition) is 2. The van der Waals surface area contributed by atoms with Gasteiger partial charge >= 0.3 is 0 Å². The Morgan fingerprint density at radius 3 is 2.22 bits per heavy atom. The second-order valence-corrected chi connectivity index (χ2v) is 8.70. The summed E-state index contributed by atoms with van der Waals surface area (Å²) in [6, 6.07) is 15.0. The fourth-order valence-corrected chi connectivity index (χ4v) is 4.48. The van der Waals surface area contributed by atoms with Crippen LogP contribution in [0.3, 0.4) is 0 Å². The molecule has 3 rings (SSSR count). The van der Waals surface area contributed by atoms with Crippen LogP contribution in [0.5, 0.6) is 0 Å². The van der Waals surface area contributed by atoms with Crippen LogP contribution >= 0.6 is 0 Å². The van der Waals surface area contributed by atoms with Crippen molar-refractivity contribution in [3.05, 3.63) is 60.2 Å². The van der Waals surface area contributed by atoms with Crippen LogP contribution in [0, 0.1) is 0 Å². The Morgan fingerprint density at radius 2 is 1.52 bits per heavy atom. The summed E-state index contributed by atoms with van der Waals surface area (Å²) in [7, 11) is -3.67. The van der Waals surface area contributed by atoms with Crippen LogP contribution in [-0.2, 0) is 10.0 Å². The number of nitrogens with one attached hydrogen (secondary N) is 2. The van der Waals surface area contributed by atoms with Crippen molar-refractivity contribution in [1.29, 1.82) is 0 Å². The highest BCUT2D eigenvalue weighted by atomic mass is 32.2. The zero-order valence-corrected chi connectivity index (χ0v) is 16.2. The Bertz CT molecular complexity index is 858. The van der Waals surface area contributed by atoms with Crippen molar-refractivity contribution >= 4 is 21.6 Å². The first kappa shape index (κ1) is 19.4. The van der Waals surface area contributed by atoms with Gasteiger partial charge in [0.1, 0.15) is 0 Å². The van der Waals surface area contributed by atoms with Crippen LogP contribution in [0.2, 0.25) is 0 Å². The fraction of sp³-hybridized carbons (Fsp3) is 0.381. The molecule has 0 saturated heterocycles. The maximum absolute atomic E-state index is 12.6. The molecule has 6 heteroatoms. The summed E-state index contributed by atoms with van der Waals surface area (Å²) in [6.45, 7) is 0. The van der Waals surface area contributed by atoms with Gasteiger partial charge in [-0.3, -0.25) is 9.52 Å². The molecule has 0 unspecified atom stereocenters. The standard InChI is InChI=1S/C21H26N2O3S/c24-21(22-18-11-5-2-1-3-6-12-18)17-10-9-13-19(16-17)23-27(25,26)20-14-7-4-8-15-20/h4,7-10,13-16,18,23H,1-3,5-6,11-12H2,(H,22,24). The van der Waals surface area contributed by atoms with Gasteiger partial charge in [-0.25, -0.2) is 8.42 Å². The van der Waals surface area contributed by atoms with E-state index in [1.807, 2.05) is 0 Å². The van der Waals surface area contributed by atoms with Crippen LogP contribution in [-0.4, -0.2) is 20.4 Å². The average molecular weight is 387 g/mol. The summed E-state index contributed by atoms with van der Waals surface area (Å²) in [4.78, 5) is 12.8. The second kappa shape index (κ2) is 9.04. The van der Waals surface area contributed by atoms with Crippen LogP contribution in [0.15, 0.2) is 59.5 Å². The first-order valence-electron chi connectivity index (χ1n) is 9.53. The molecule has 1 saturated carbocycles. The Labute approximate surface area is 161 Å². The molecule has 0 aromatic heterocycles. The molecule has 5 nitrogen and oxygen atoms in total. The van der Waals surface area contributed by atoms with Gasteiger partial charge in [0.15, 0.2) is 0 Å². The molecular weight excluding hydrogens is 360 g/mol. The Morgan fingerprint density at radius 1 is 0.852 bits per heavy atom. The highest BCUT2D eigenvalue weighted by molar-refractivity contribution is 7.92. The van der Waals surface area contributed by atoms with Crippen molar-refractivity contribution in [3.8, 4) is 0 Å². The van der Waals surface area contributed by atoms with Gasteiger partial charge in [-0.2, -0.15) is 0 Å². The van der Waals surface area contributed by atoms with E-state index >= 15 is 0 Å². The molecule has 1 aliphatic rings. The van der Waals surface area contributed by atoms with E-state index in [2.05, 4.69) is 10.0 Å². The van der Waals surface area contributed by atoms with Gasteiger partial charge in [-0.05, 0) is 43.2 Å². The van der Waals surface area contributed by atoms with Crippen molar-refractivity contribution in [2.45, 2.75) is 55.9 Å². The molecule has 1 amide bonds. The van der Waals surface area contributed by atoms with E-state index in [9.17, 15) is 13.2 Å². The van der Waals surface area contributed by atoms with Crippen LogP contribution in [0.1, 0.15) is 55.3 Å². The van der Waals surface area contributed by atoms with Gasteiger partial charge in [-0.1, -0.05) is 56.4 Å². The number of sulfonamides is 1. The number of rotatable bonds is 5. The van der Waals surface area contributed by atoms with Gasteiger partial charge in [-0.15, -0.1) is 0 Å². The van der Waals surface area contributed by atoms with Gasteiger partial charge in [0.25, 0.3) is 15.9 Å². The van der Waals surface area contributed by atoms with Crippen molar-refractivity contribution in [3.63, 3.8) is 0 Å². The third kappa shape index (κ3) is 5.57. The lowest BCUT2D eigenvalue weighted by molar-refractivity contribution is 0.0930. The summed E-state index contributed by atoms with van der Waals surface area (Å²) in [5, 5.41) is 3.11. The molecule has 144 valence electrons. The molecule has 27 heavy (non-hydrogen) atoms. The highest BCUT2D eigenvalue weighted by Gasteiger charge is 2.17. The quantitative estimate of drug-likeness (QED) is 0.803. The zero-order chi connectivity index (χ0) is 19.1. The maximum atomic E-state index is 12.6. The summed E-state index contributed by atoms with van der Waals surface area (Å²) >= 11 is 0. The van der Waals surface area contributed by atoms with Gasteiger partial charge in [0, 0.05) is 17.3 Å². The summed E-state index contributed by atoms with van der Waals surface area (Å²) < 4.78 is 27.5. The van der Waals surface area contributed by atoms with E-state index in [4.69, 9.17) is 0 Å². The highest BCUT2D eigenvalue weighted by Crippen LogP contribution is 2.19. The molecule has 0 radical (unpaired) electrons. The minimum atomic E-state index is -3.67. The third-order valence-electron chi connectivity index (χ3n) is 4.87. The van der Waals surface area contributed by atoms with E-state index < -0.39 is 10.0 Å². The van der Waals surface area contributed by atoms with E-state index in [1.165, 1.54) is 31.4 Å². The maximum Gasteiger partial charge on any atom is 0.261 e. The van der Waals surface area contributed by atoms with Crippen molar-refractivity contribution in [2.75, 3.05) is 4.72 Å². The van der Waals surface area contributed by atoms with Crippen LogP contribution in [0.4, 0.5) is 5.69 Å². The molecule has 0 aliphatic heterocycles.